The van der Waals surface area contributed by atoms with E-state index in [9.17, 15) is 9.18 Å². The van der Waals surface area contributed by atoms with Gasteiger partial charge < -0.3 is 5.11 Å². The van der Waals surface area contributed by atoms with Crippen LogP contribution >= 0.6 is 11.6 Å². The Kier molecular flexibility index (Phi) is 4.55. The van der Waals surface area contributed by atoms with Crippen LogP contribution in [0, 0.1) is 5.82 Å². The first-order valence-electron chi connectivity index (χ1n) is 6.06. The number of carboxylic acid groups (broad SMARTS) is 1. The third-order valence-electron chi connectivity index (χ3n) is 2.82. The Morgan fingerprint density at radius 3 is 2.38 bits per heavy atom. The number of hydrazone groups is 1. The lowest BCUT2D eigenvalue weighted by Crippen LogP contribution is -2.01. The molecule has 0 aromatic heterocycles. The lowest BCUT2D eigenvalue weighted by molar-refractivity contribution is 0.0697. The van der Waals surface area contributed by atoms with Gasteiger partial charge in [-0.25, -0.2) is 9.18 Å². The molecule has 0 saturated heterocycles. The maximum absolute atomic E-state index is 13.1. The summed E-state index contributed by atoms with van der Waals surface area (Å²) in [6, 6.07) is 10.5. The van der Waals surface area contributed by atoms with E-state index in [1.807, 2.05) is 0 Å². The molecule has 2 rings (SSSR count). The van der Waals surface area contributed by atoms with E-state index in [1.165, 1.54) is 24.3 Å². The van der Waals surface area contributed by atoms with Gasteiger partial charge in [0.1, 0.15) is 5.82 Å². The zero-order valence-corrected chi connectivity index (χ0v) is 11.9. The van der Waals surface area contributed by atoms with E-state index >= 15 is 0 Å². The summed E-state index contributed by atoms with van der Waals surface area (Å²) >= 11 is 5.72. The number of benzene rings is 2. The quantitative estimate of drug-likeness (QED) is 0.662. The first kappa shape index (κ1) is 15.0. The van der Waals surface area contributed by atoms with Crippen LogP contribution < -0.4 is 5.43 Å². The SMILES string of the molecule is C/C(=N\Nc1ccc(C(=O)O)cc1)c1ccc(F)c(Cl)c1. The number of hydrogen-bond donors (Lipinski definition) is 2. The van der Waals surface area contributed by atoms with Gasteiger partial charge in [0.15, 0.2) is 0 Å². The molecule has 2 aromatic rings. The summed E-state index contributed by atoms with van der Waals surface area (Å²) < 4.78 is 13.1. The predicted octanol–water partition coefficient (Wildman–Crippen LogP) is 4.01. The Labute approximate surface area is 125 Å². The average molecular weight is 307 g/mol. The van der Waals surface area contributed by atoms with Gasteiger partial charge in [-0.2, -0.15) is 5.10 Å². The smallest absolute Gasteiger partial charge is 0.335 e. The molecule has 6 heteroatoms. The molecular formula is C15H12ClFN2O2. The lowest BCUT2D eigenvalue weighted by Gasteiger charge is -2.05. The topological polar surface area (TPSA) is 61.7 Å². The van der Waals surface area contributed by atoms with Crippen molar-refractivity contribution in [3.8, 4) is 0 Å². The fourth-order valence-electron chi connectivity index (χ4n) is 1.62. The third-order valence-corrected chi connectivity index (χ3v) is 3.11. The normalized spacial score (nSPS) is 11.3. The summed E-state index contributed by atoms with van der Waals surface area (Å²) in [5, 5.41) is 13.0. The summed E-state index contributed by atoms with van der Waals surface area (Å²) in [6.45, 7) is 1.75. The van der Waals surface area contributed by atoms with Crippen LogP contribution in [-0.2, 0) is 0 Å². The average Bonchev–Trinajstić information content (AvgIpc) is 2.48. The van der Waals surface area contributed by atoms with E-state index < -0.39 is 11.8 Å². The van der Waals surface area contributed by atoms with Gasteiger partial charge in [0.05, 0.1) is 22.0 Å². The molecule has 0 atom stereocenters. The molecule has 0 fully saturated rings. The van der Waals surface area contributed by atoms with Crippen LogP contribution in [0.4, 0.5) is 10.1 Å². The van der Waals surface area contributed by atoms with Crippen LogP contribution in [0.5, 0.6) is 0 Å². The Morgan fingerprint density at radius 1 is 1.19 bits per heavy atom. The first-order valence-corrected chi connectivity index (χ1v) is 6.44. The van der Waals surface area contributed by atoms with E-state index in [2.05, 4.69) is 10.5 Å². The van der Waals surface area contributed by atoms with Crippen LogP contribution in [0.25, 0.3) is 0 Å². The molecule has 108 valence electrons. The highest BCUT2D eigenvalue weighted by Crippen LogP contribution is 2.17. The minimum Gasteiger partial charge on any atom is -0.478 e. The van der Waals surface area contributed by atoms with Crippen LogP contribution in [0.15, 0.2) is 47.6 Å². The molecule has 0 aliphatic rings. The Hall–Kier alpha value is -2.40. The van der Waals surface area contributed by atoms with E-state index in [-0.39, 0.29) is 10.6 Å². The molecule has 0 unspecified atom stereocenters. The molecule has 0 spiro atoms. The Balaban J connectivity index is 2.12. The van der Waals surface area contributed by atoms with Crippen LogP contribution in [0.3, 0.4) is 0 Å². The minimum atomic E-state index is -0.984. The van der Waals surface area contributed by atoms with Crippen LogP contribution in [0.1, 0.15) is 22.8 Å². The molecule has 0 aliphatic carbocycles. The van der Waals surface area contributed by atoms with Crippen molar-refractivity contribution in [1.29, 1.82) is 0 Å². The molecular weight excluding hydrogens is 295 g/mol. The van der Waals surface area contributed by atoms with Gasteiger partial charge in [0, 0.05) is 0 Å². The first-order chi connectivity index (χ1) is 9.97. The lowest BCUT2D eigenvalue weighted by atomic mass is 10.1. The van der Waals surface area contributed by atoms with E-state index in [1.54, 1.807) is 25.1 Å². The highest BCUT2D eigenvalue weighted by molar-refractivity contribution is 6.31. The van der Waals surface area contributed by atoms with E-state index in [0.29, 0.717) is 17.0 Å². The zero-order chi connectivity index (χ0) is 15.4. The monoisotopic (exact) mass is 306 g/mol. The second kappa shape index (κ2) is 6.37. The molecule has 0 aliphatic heterocycles. The number of halogens is 2. The van der Waals surface area contributed by atoms with Crippen molar-refractivity contribution in [2.45, 2.75) is 6.92 Å². The molecule has 0 amide bonds. The second-order valence-corrected chi connectivity index (χ2v) is 4.73. The van der Waals surface area contributed by atoms with Crippen molar-refractivity contribution in [2.75, 3.05) is 5.43 Å². The summed E-state index contributed by atoms with van der Waals surface area (Å²) in [6.07, 6.45) is 0. The van der Waals surface area contributed by atoms with Crippen LogP contribution in [-0.4, -0.2) is 16.8 Å². The molecule has 0 saturated carbocycles. The van der Waals surface area contributed by atoms with Crippen molar-refractivity contribution in [1.82, 2.24) is 0 Å². The maximum atomic E-state index is 13.1. The van der Waals surface area contributed by atoms with Gasteiger partial charge in [0.2, 0.25) is 0 Å². The van der Waals surface area contributed by atoms with Gasteiger partial charge in [-0.3, -0.25) is 5.43 Å². The van der Waals surface area contributed by atoms with Gasteiger partial charge in [-0.05, 0) is 48.9 Å². The van der Waals surface area contributed by atoms with Gasteiger partial charge in [0.25, 0.3) is 0 Å². The Morgan fingerprint density at radius 2 is 1.81 bits per heavy atom. The second-order valence-electron chi connectivity index (χ2n) is 4.32. The van der Waals surface area contributed by atoms with Crippen molar-refractivity contribution in [3.05, 3.63) is 64.4 Å². The third kappa shape index (κ3) is 3.79. The molecule has 4 nitrogen and oxygen atoms in total. The number of nitrogens with one attached hydrogen (secondary N) is 1. The molecule has 2 aromatic carbocycles. The maximum Gasteiger partial charge on any atom is 0.335 e. The zero-order valence-electron chi connectivity index (χ0n) is 11.1. The molecule has 0 heterocycles. The molecule has 21 heavy (non-hydrogen) atoms. The standard InChI is InChI=1S/C15H12ClFN2O2/c1-9(11-4-7-14(17)13(16)8-11)18-19-12-5-2-10(3-6-12)15(20)21/h2-8,19H,1H3,(H,20,21)/b18-9+. The largest absolute Gasteiger partial charge is 0.478 e. The van der Waals surface area contributed by atoms with Crippen LogP contribution in [0.2, 0.25) is 5.02 Å². The Bertz CT molecular complexity index is 699. The van der Waals surface area contributed by atoms with Gasteiger partial charge >= 0.3 is 5.97 Å². The van der Waals surface area contributed by atoms with Crippen molar-refractivity contribution < 1.29 is 14.3 Å². The van der Waals surface area contributed by atoms with E-state index in [0.717, 1.165) is 0 Å². The molecule has 2 N–H and O–H groups in total. The summed E-state index contributed by atoms with van der Waals surface area (Å²) in [5.74, 6) is -1.47. The van der Waals surface area contributed by atoms with Crippen molar-refractivity contribution in [2.24, 2.45) is 5.10 Å². The van der Waals surface area contributed by atoms with E-state index in [4.69, 9.17) is 16.7 Å². The number of anilines is 1. The molecule has 0 radical (unpaired) electrons. The predicted molar refractivity (Wildman–Crippen MR) is 80.6 cm³/mol. The summed E-state index contributed by atoms with van der Waals surface area (Å²) in [4.78, 5) is 10.7. The van der Waals surface area contributed by atoms with Gasteiger partial charge in [-0.15, -0.1) is 0 Å². The van der Waals surface area contributed by atoms with Gasteiger partial charge in [-0.1, -0.05) is 17.7 Å². The van der Waals surface area contributed by atoms with Crippen molar-refractivity contribution in [3.63, 3.8) is 0 Å². The highest BCUT2D eigenvalue weighted by atomic mass is 35.5. The van der Waals surface area contributed by atoms with Crippen molar-refractivity contribution >= 4 is 29.0 Å². The molecule has 0 bridgehead atoms. The number of nitrogens with zero attached hydrogens (tertiary/aromatic N) is 1. The fourth-order valence-corrected chi connectivity index (χ4v) is 1.80. The summed E-state index contributed by atoms with van der Waals surface area (Å²) in [7, 11) is 0. The highest BCUT2D eigenvalue weighted by Gasteiger charge is 2.04. The number of rotatable bonds is 4. The number of hydrogen-bond acceptors (Lipinski definition) is 3. The number of aromatic carboxylic acids is 1. The fraction of sp³-hybridized carbons (Fsp3) is 0.0667. The number of carboxylic acids is 1. The minimum absolute atomic E-state index is 0.0351. The summed E-state index contributed by atoms with van der Waals surface area (Å²) in [5.41, 5.74) is 4.96. The number of carbonyl (C=O) groups is 1.